The van der Waals surface area contributed by atoms with Crippen molar-refractivity contribution < 1.29 is 43.1 Å². The Labute approximate surface area is 326 Å². The first-order valence-corrected chi connectivity index (χ1v) is 18.0. The highest BCUT2D eigenvalue weighted by atomic mass is 127. The second kappa shape index (κ2) is 18.7. The topological polar surface area (TPSA) is 102 Å². The monoisotopic (exact) mass is 920 g/mol. The minimum absolute atomic E-state index is 0.0560. The molecular formula is C40H42I2O9. The summed E-state index contributed by atoms with van der Waals surface area (Å²) < 4.78 is 39.6. The number of benzene rings is 5. The summed E-state index contributed by atoms with van der Waals surface area (Å²) in [5.41, 5.74) is 3.63. The standard InChI is InChI=1S/C30H22I2O4.C8H14O4.C2H6O/c1-33-19-8-4-16-6-10-25(35-3)27(21(16)14-19)29-23-12-18(31)13-24(32)30(23)36-26-11-7-17-5-9-20(34-2)15-22(17)28(26)29;1-6(2)8(10)12-5-7(9)4-11-3;1-3-2/h4-15,29H,1-3H3;7,9H,1,4-5H2,2-3H3;1-2H3. The van der Waals surface area contributed by atoms with Crippen LogP contribution < -0.4 is 18.9 Å². The second-order valence-corrected chi connectivity index (χ2v) is 14.0. The molecular weight excluding hydrogens is 878 g/mol. The summed E-state index contributed by atoms with van der Waals surface area (Å²) in [5, 5.41) is 13.5. The lowest BCUT2D eigenvalue weighted by atomic mass is 9.78. The molecule has 1 N–H and O–H groups in total. The maximum Gasteiger partial charge on any atom is 0.333 e. The molecule has 1 aliphatic rings. The van der Waals surface area contributed by atoms with E-state index in [1.54, 1.807) is 42.5 Å². The minimum Gasteiger partial charge on any atom is -0.497 e. The van der Waals surface area contributed by atoms with Gasteiger partial charge in [-0.2, -0.15) is 0 Å². The van der Waals surface area contributed by atoms with Crippen LogP contribution in [0.3, 0.4) is 0 Å². The Morgan fingerprint density at radius 2 is 1.37 bits per heavy atom. The van der Waals surface area contributed by atoms with Crippen molar-refractivity contribution in [2.45, 2.75) is 18.9 Å². The van der Waals surface area contributed by atoms with Crippen LogP contribution in [0.2, 0.25) is 0 Å². The van der Waals surface area contributed by atoms with E-state index >= 15 is 0 Å². The third-order valence-electron chi connectivity index (χ3n) is 7.93. The number of ether oxygens (including phenoxy) is 7. The van der Waals surface area contributed by atoms with Crippen molar-refractivity contribution >= 4 is 72.7 Å². The average molecular weight is 921 g/mol. The normalized spacial score (nSPS) is 13.3. The van der Waals surface area contributed by atoms with Crippen LogP contribution in [-0.2, 0) is 19.0 Å². The lowest BCUT2D eigenvalue weighted by Crippen LogP contribution is -2.23. The van der Waals surface area contributed by atoms with Gasteiger partial charge in [0.25, 0.3) is 0 Å². The second-order valence-electron chi connectivity index (χ2n) is 11.6. The Morgan fingerprint density at radius 1 is 0.804 bits per heavy atom. The van der Waals surface area contributed by atoms with E-state index in [-0.39, 0.29) is 19.1 Å². The van der Waals surface area contributed by atoms with Gasteiger partial charge in [-0.25, -0.2) is 4.79 Å². The van der Waals surface area contributed by atoms with Crippen LogP contribution in [0.25, 0.3) is 21.5 Å². The number of carbonyl (C=O) groups excluding carboxylic acids is 1. The molecule has 11 heteroatoms. The first-order chi connectivity index (χ1) is 24.5. The van der Waals surface area contributed by atoms with Crippen molar-refractivity contribution in [2.24, 2.45) is 0 Å². The van der Waals surface area contributed by atoms with Crippen molar-refractivity contribution in [3.05, 3.63) is 109 Å². The maximum absolute atomic E-state index is 10.8. The molecule has 0 saturated carbocycles. The average Bonchev–Trinajstić information content (AvgIpc) is 3.12. The smallest absolute Gasteiger partial charge is 0.333 e. The van der Waals surface area contributed by atoms with E-state index in [1.807, 2.05) is 12.1 Å². The van der Waals surface area contributed by atoms with E-state index in [1.165, 1.54) is 7.11 Å². The van der Waals surface area contributed by atoms with Gasteiger partial charge in [0.1, 0.15) is 41.5 Å². The number of hydrogen-bond acceptors (Lipinski definition) is 9. The van der Waals surface area contributed by atoms with Gasteiger partial charge in [-0.3, -0.25) is 0 Å². The molecule has 2 atom stereocenters. The van der Waals surface area contributed by atoms with Crippen LogP contribution in [0.5, 0.6) is 28.7 Å². The van der Waals surface area contributed by atoms with Gasteiger partial charge in [-0.15, -0.1) is 0 Å². The van der Waals surface area contributed by atoms with Crippen LogP contribution in [0, 0.1) is 7.14 Å². The molecule has 0 aliphatic carbocycles. The SMILES string of the molecule is C=C(C)C(=O)OCC(O)COC.COC.COc1ccc2ccc(OC)c(C3c4cc(I)cc(I)c4Oc4ccc5ccc(OC)cc5c43)c2c1. The molecule has 6 rings (SSSR count). The molecule has 9 nitrogen and oxygen atoms in total. The third-order valence-corrected chi connectivity index (χ3v) is 9.36. The fraction of sp³-hybridized carbons (Fsp3) is 0.275. The highest BCUT2D eigenvalue weighted by Crippen LogP contribution is 2.55. The first-order valence-electron chi connectivity index (χ1n) is 15.8. The summed E-state index contributed by atoms with van der Waals surface area (Å²) in [6.45, 7) is 5.04. The van der Waals surface area contributed by atoms with E-state index in [0.717, 1.165) is 74.1 Å². The molecule has 1 heterocycles. The lowest BCUT2D eigenvalue weighted by Gasteiger charge is -2.32. The van der Waals surface area contributed by atoms with Gasteiger partial charge in [-0.05, 0) is 122 Å². The van der Waals surface area contributed by atoms with E-state index in [0.29, 0.717) is 5.57 Å². The molecule has 2 unspecified atom stereocenters. The number of methoxy groups -OCH3 is 5. The fourth-order valence-corrected chi connectivity index (χ4v) is 7.72. The first kappa shape index (κ1) is 40.1. The molecule has 5 aromatic rings. The van der Waals surface area contributed by atoms with Crippen LogP contribution in [0.1, 0.15) is 29.5 Å². The van der Waals surface area contributed by atoms with Gasteiger partial charge in [0.15, 0.2) is 0 Å². The van der Waals surface area contributed by atoms with Crippen molar-refractivity contribution in [3.8, 4) is 28.7 Å². The van der Waals surface area contributed by atoms with Crippen molar-refractivity contribution in [3.63, 3.8) is 0 Å². The van der Waals surface area contributed by atoms with E-state index in [4.69, 9.17) is 24.1 Å². The number of hydrogen-bond donors (Lipinski definition) is 1. The fourth-order valence-electron chi connectivity index (χ4n) is 5.72. The highest BCUT2D eigenvalue weighted by Gasteiger charge is 2.35. The zero-order valence-electron chi connectivity index (χ0n) is 29.7. The van der Waals surface area contributed by atoms with Crippen LogP contribution in [-0.4, -0.2) is 73.1 Å². The third kappa shape index (κ3) is 9.43. The Kier molecular flexibility index (Phi) is 14.8. The number of aliphatic hydroxyl groups excluding tert-OH is 1. The van der Waals surface area contributed by atoms with Gasteiger partial charge < -0.3 is 38.3 Å². The summed E-state index contributed by atoms with van der Waals surface area (Å²) in [7, 11) is 9.84. The molecule has 0 fully saturated rings. The molecule has 270 valence electrons. The van der Waals surface area contributed by atoms with Gasteiger partial charge in [0, 0.05) is 53.1 Å². The molecule has 0 amide bonds. The summed E-state index contributed by atoms with van der Waals surface area (Å²) in [4.78, 5) is 10.8. The molecule has 51 heavy (non-hydrogen) atoms. The van der Waals surface area contributed by atoms with E-state index < -0.39 is 12.1 Å². The maximum atomic E-state index is 10.8. The van der Waals surface area contributed by atoms with Crippen LogP contribution in [0.4, 0.5) is 0 Å². The summed E-state index contributed by atoms with van der Waals surface area (Å²) in [6, 6.07) is 25.1. The Hall–Kier alpha value is -3.63. The molecule has 5 aromatic carbocycles. The lowest BCUT2D eigenvalue weighted by molar-refractivity contribution is -0.142. The molecule has 0 saturated heterocycles. The van der Waals surface area contributed by atoms with Crippen LogP contribution >= 0.6 is 45.2 Å². The zero-order chi connectivity index (χ0) is 37.2. The number of esters is 1. The van der Waals surface area contributed by atoms with Crippen LogP contribution in [0.15, 0.2) is 84.9 Å². The predicted molar refractivity (Wildman–Crippen MR) is 217 cm³/mol. The quantitative estimate of drug-likeness (QED) is 0.0866. The number of carbonyl (C=O) groups is 1. The van der Waals surface area contributed by atoms with E-state index in [2.05, 4.69) is 127 Å². The molecule has 0 spiro atoms. The molecule has 0 bridgehead atoms. The van der Waals surface area contributed by atoms with Gasteiger partial charge in [0.2, 0.25) is 0 Å². The molecule has 0 radical (unpaired) electrons. The zero-order valence-corrected chi connectivity index (χ0v) is 34.0. The largest absolute Gasteiger partial charge is 0.497 e. The number of fused-ring (bicyclic) bond motifs is 5. The number of aliphatic hydroxyl groups is 1. The summed E-state index contributed by atoms with van der Waals surface area (Å²) in [5.74, 6) is 3.55. The minimum atomic E-state index is -0.765. The van der Waals surface area contributed by atoms with Gasteiger partial charge in [0.05, 0.1) is 31.5 Å². The number of halogens is 2. The Morgan fingerprint density at radius 3 is 1.92 bits per heavy atom. The Balaban J connectivity index is 0.000000330. The summed E-state index contributed by atoms with van der Waals surface area (Å²) in [6.07, 6.45) is -0.765. The molecule has 1 aliphatic heterocycles. The predicted octanol–water partition coefficient (Wildman–Crippen LogP) is 8.89. The van der Waals surface area contributed by atoms with Crippen molar-refractivity contribution in [2.75, 3.05) is 55.9 Å². The molecule has 0 aromatic heterocycles. The van der Waals surface area contributed by atoms with Crippen molar-refractivity contribution in [1.82, 2.24) is 0 Å². The Bertz CT molecular complexity index is 2010. The summed E-state index contributed by atoms with van der Waals surface area (Å²) >= 11 is 4.76. The van der Waals surface area contributed by atoms with E-state index in [9.17, 15) is 4.79 Å². The highest BCUT2D eigenvalue weighted by molar-refractivity contribution is 14.1. The number of rotatable bonds is 9. The van der Waals surface area contributed by atoms with Gasteiger partial charge in [-0.1, -0.05) is 30.8 Å². The van der Waals surface area contributed by atoms with Gasteiger partial charge >= 0.3 is 5.97 Å². The van der Waals surface area contributed by atoms with Crippen molar-refractivity contribution in [1.29, 1.82) is 0 Å².